The van der Waals surface area contributed by atoms with Crippen molar-refractivity contribution in [2.75, 3.05) is 52.9 Å². The van der Waals surface area contributed by atoms with Gasteiger partial charge < -0.3 is 20.9 Å². The summed E-state index contributed by atoms with van der Waals surface area (Å²) >= 11 is 0. The highest BCUT2D eigenvalue weighted by Gasteiger charge is 2.10. The Labute approximate surface area is 117 Å². The van der Waals surface area contributed by atoms with Crippen LogP contribution in [0.3, 0.4) is 0 Å². The number of hydrogen-bond donors (Lipinski definition) is 2. The molecule has 1 fully saturated rings. The second kappa shape index (κ2) is 8.93. The van der Waals surface area contributed by atoms with Crippen molar-refractivity contribution in [3.05, 3.63) is 12.2 Å². The van der Waals surface area contributed by atoms with Gasteiger partial charge in [-0.1, -0.05) is 12.2 Å². The molecule has 0 unspecified atom stereocenters. The van der Waals surface area contributed by atoms with Crippen LogP contribution < -0.4 is 11.1 Å². The number of guanidine groups is 1. The van der Waals surface area contributed by atoms with Gasteiger partial charge in [0.2, 0.25) is 0 Å². The van der Waals surface area contributed by atoms with Crippen LogP contribution in [0, 0.1) is 0 Å². The van der Waals surface area contributed by atoms with Crippen molar-refractivity contribution < 1.29 is 0 Å². The van der Waals surface area contributed by atoms with Gasteiger partial charge in [0.15, 0.2) is 5.96 Å². The molecule has 0 aromatic rings. The van der Waals surface area contributed by atoms with E-state index in [1.807, 2.05) is 6.92 Å². The van der Waals surface area contributed by atoms with Gasteiger partial charge >= 0.3 is 0 Å². The third-order valence-electron chi connectivity index (χ3n) is 3.29. The van der Waals surface area contributed by atoms with E-state index in [0.717, 1.165) is 25.1 Å². The summed E-state index contributed by atoms with van der Waals surface area (Å²) in [5, 5.41) is 3.15. The summed E-state index contributed by atoms with van der Waals surface area (Å²) in [4.78, 5) is 9.13. The molecule has 1 aliphatic heterocycles. The van der Waals surface area contributed by atoms with Crippen LogP contribution in [0.2, 0.25) is 0 Å². The van der Waals surface area contributed by atoms with Crippen LogP contribution in [0.5, 0.6) is 0 Å². The average Bonchev–Trinajstić information content (AvgIpc) is 2.57. The number of nitrogens with two attached hydrogens (primary N) is 1. The predicted octanol–water partition coefficient (Wildman–Crippen LogP) is 0.494. The number of rotatable bonds is 6. The Morgan fingerprint density at radius 3 is 2.84 bits per heavy atom. The normalized spacial score (nSPS) is 19.2. The molecular weight excluding hydrogens is 238 g/mol. The number of nitrogens with zero attached hydrogens (tertiary/aromatic N) is 3. The van der Waals surface area contributed by atoms with Gasteiger partial charge in [-0.2, -0.15) is 0 Å². The van der Waals surface area contributed by atoms with Crippen LogP contribution in [0.1, 0.15) is 19.8 Å². The Morgan fingerprint density at radius 1 is 1.32 bits per heavy atom. The number of aliphatic imine (C=N–C) groups is 1. The average molecular weight is 267 g/mol. The molecule has 5 nitrogen and oxygen atoms in total. The molecule has 110 valence electrons. The maximum absolute atomic E-state index is 5.76. The van der Waals surface area contributed by atoms with Crippen LogP contribution in [0.15, 0.2) is 17.1 Å². The van der Waals surface area contributed by atoms with E-state index in [1.54, 1.807) is 0 Å². The Morgan fingerprint density at radius 2 is 2.11 bits per heavy atom. The third-order valence-corrected chi connectivity index (χ3v) is 3.29. The Balaban J connectivity index is 2.09. The van der Waals surface area contributed by atoms with Crippen LogP contribution in [0.4, 0.5) is 0 Å². The summed E-state index contributed by atoms with van der Waals surface area (Å²) in [6.07, 6.45) is 2.37. The summed E-state index contributed by atoms with van der Waals surface area (Å²) in [5.74, 6) is 0.526. The Hall–Kier alpha value is -1.07. The standard InChI is InChI=1S/C14H29N5/c1-13(2)12-17-14(15)16-6-4-8-19-9-5-7-18(3)10-11-19/h1,4-12H2,2-3H3,(H3,15,16,17). The molecule has 0 aromatic carbocycles. The summed E-state index contributed by atoms with van der Waals surface area (Å²) in [6, 6.07) is 0. The van der Waals surface area contributed by atoms with Crippen molar-refractivity contribution in [3.63, 3.8) is 0 Å². The summed E-state index contributed by atoms with van der Waals surface area (Å²) < 4.78 is 0. The lowest BCUT2D eigenvalue weighted by Gasteiger charge is -2.20. The fourth-order valence-corrected chi connectivity index (χ4v) is 2.12. The molecule has 0 aliphatic carbocycles. The molecule has 0 aromatic heterocycles. The molecule has 0 spiro atoms. The van der Waals surface area contributed by atoms with Gasteiger partial charge in [0.25, 0.3) is 0 Å². The van der Waals surface area contributed by atoms with E-state index >= 15 is 0 Å². The topological polar surface area (TPSA) is 56.9 Å². The fourth-order valence-electron chi connectivity index (χ4n) is 2.12. The molecule has 5 heteroatoms. The molecule has 3 N–H and O–H groups in total. The molecule has 0 radical (unpaired) electrons. The molecule has 0 saturated carbocycles. The quantitative estimate of drug-likeness (QED) is 0.318. The first-order valence-corrected chi connectivity index (χ1v) is 7.17. The van der Waals surface area contributed by atoms with Gasteiger partial charge in [-0.25, -0.2) is 4.99 Å². The van der Waals surface area contributed by atoms with Crippen molar-refractivity contribution in [2.24, 2.45) is 10.7 Å². The largest absolute Gasteiger partial charge is 0.370 e. The van der Waals surface area contributed by atoms with Crippen molar-refractivity contribution >= 4 is 5.96 Å². The molecule has 0 amide bonds. The first-order chi connectivity index (χ1) is 9.08. The molecule has 19 heavy (non-hydrogen) atoms. The highest BCUT2D eigenvalue weighted by Crippen LogP contribution is 2.01. The highest BCUT2D eigenvalue weighted by atomic mass is 15.2. The summed E-state index contributed by atoms with van der Waals surface area (Å²) in [7, 11) is 2.20. The van der Waals surface area contributed by atoms with Gasteiger partial charge in [0.1, 0.15) is 0 Å². The lowest BCUT2D eigenvalue weighted by molar-refractivity contribution is 0.274. The number of likely N-dealkylation sites (N-methyl/N-ethyl adjacent to an activating group) is 1. The lowest BCUT2D eigenvalue weighted by atomic mass is 10.3. The Bertz CT molecular complexity index is 300. The minimum absolute atomic E-state index is 0.526. The monoisotopic (exact) mass is 267 g/mol. The SMILES string of the molecule is C=C(C)CN=C(N)NCCCN1CCCN(C)CC1. The van der Waals surface area contributed by atoms with Gasteiger partial charge in [-0.15, -0.1) is 0 Å². The maximum atomic E-state index is 5.76. The van der Waals surface area contributed by atoms with Crippen LogP contribution in [-0.4, -0.2) is 68.6 Å². The zero-order valence-corrected chi connectivity index (χ0v) is 12.5. The van der Waals surface area contributed by atoms with E-state index < -0.39 is 0 Å². The van der Waals surface area contributed by atoms with E-state index in [1.165, 1.54) is 32.6 Å². The Kier molecular flexibility index (Phi) is 7.52. The van der Waals surface area contributed by atoms with E-state index in [2.05, 4.69) is 33.7 Å². The predicted molar refractivity (Wildman–Crippen MR) is 82.5 cm³/mol. The number of nitrogens with one attached hydrogen (secondary N) is 1. The van der Waals surface area contributed by atoms with E-state index in [-0.39, 0.29) is 0 Å². The van der Waals surface area contributed by atoms with Crippen LogP contribution in [-0.2, 0) is 0 Å². The molecule has 1 saturated heterocycles. The summed E-state index contributed by atoms with van der Waals surface area (Å²) in [6.45, 7) is 13.2. The fraction of sp³-hybridized carbons (Fsp3) is 0.786. The molecule has 0 bridgehead atoms. The molecular formula is C14H29N5. The first kappa shape index (κ1) is 16.0. The van der Waals surface area contributed by atoms with Gasteiger partial charge in [0, 0.05) is 19.6 Å². The summed E-state index contributed by atoms with van der Waals surface area (Å²) in [5.41, 5.74) is 6.79. The second-order valence-electron chi connectivity index (χ2n) is 5.44. The third kappa shape index (κ3) is 7.85. The highest BCUT2D eigenvalue weighted by molar-refractivity contribution is 5.77. The first-order valence-electron chi connectivity index (χ1n) is 7.17. The molecule has 0 atom stereocenters. The van der Waals surface area contributed by atoms with E-state index in [0.29, 0.717) is 12.5 Å². The van der Waals surface area contributed by atoms with Gasteiger partial charge in [-0.3, -0.25) is 0 Å². The van der Waals surface area contributed by atoms with Crippen molar-refractivity contribution in [3.8, 4) is 0 Å². The lowest BCUT2D eigenvalue weighted by Crippen LogP contribution is -2.35. The van der Waals surface area contributed by atoms with Gasteiger partial charge in [-0.05, 0) is 46.4 Å². The maximum Gasteiger partial charge on any atom is 0.188 e. The van der Waals surface area contributed by atoms with Crippen molar-refractivity contribution in [1.29, 1.82) is 0 Å². The van der Waals surface area contributed by atoms with Crippen molar-refractivity contribution in [2.45, 2.75) is 19.8 Å². The van der Waals surface area contributed by atoms with E-state index in [4.69, 9.17) is 5.73 Å². The zero-order valence-electron chi connectivity index (χ0n) is 12.5. The zero-order chi connectivity index (χ0) is 14.1. The van der Waals surface area contributed by atoms with Crippen LogP contribution in [0.25, 0.3) is 0 Å². The van der Waals surface area contributed by atoms with Gasteiger partial charge in [0.05, 0.1) is 6.54 Å². The second-order valence-corrected chi connectivity index (χ2v) is 5.44. The van der Waals surface area contributed by atoms with E-state index in [9.17, 15) is 0 Å². The molecule has 1 rings (SSSR count). The smallest absolute Gasteiger partial charge is 0.188 e. The van der Waals surface area contributed by atoms with Crippen LogP contribution >= 0.6 is 0 Å². The number of hydrogen-bond acceptors (Lipinski definition) is 3. The minimum Gasteiger partial charge on any atom is -0.370 e. The van der Waals surface area contributed by atoms with Crippen molar-refractivity contribution in [1.82, 2.24) is 15.1 Å². The molecule has 1 heterocycles. The minimum atomic E-state index is 0.526. The molecule has 1 aliphatic rings.